The van der Waals surface area contributed by atoms with Crippen molar-refractivity contribution in [3.8, 4) is 17.3 Å². The van der Waals surface area contributed by atoms with Crippen LogP contribution in [0.1, 0.15) is 5.56 Å². The summed E-state index contributed by atoms with van der Waals surface area (Å²) in [4.78, 5) is 8.65. The fourth-order valence-electron chi connectivity index (χ4n) is 2.02. The van der Waals surface area contributed by atoms with Gasteiger partial charge in [-0.1, -0.05) is 12.1 Å². The monoisotopic (exact) mass is 264 g/mol. The zero-order chi connectivity index (χ0) is 14.1. The zero-order valence-corrected chi connectivity index (χ0v) is 10.3. The highest BCUT2D eigenvalue weighted by Crippen LogP contribution is 2.26. The van der Waals surface area contributed by atoms with Gasteiger partial charge in [0.2, 0.25) is 0 Å². The molecule has 3 rings (SSSR count). The van der Waals surface area contributed by atoms with Crippen molar-refractivity contribution in [3.63, 3.8) is 0 Å². The molecule has 0 aliphatic heterocycles. The Balaban J connectivity index is 2.26. The van der Waals surface area contributed by atoms with Gasteiger partial charge in [0.25, 0.3) is 0 Å². The first-order chi connectivity index (χ1) is 9.67. The molecule has 3 aromatic rings. The second kappa shape index (κ2) is 4.59. The minimum Gasteiger partial charge on any atom is -0.382 e. The van der Waals surface area contributed by atoms with Crippen LogP contribution in [0.2, 0.25) is 0 Å². The lowest BCUT2D eigenvalue weighted by molar-refractivity contribution is 0.628. The van der Waals surface area contributed by atoms with Crippen LogP contribution in [0.3, 0.4) is 0 Å². The molecule has 2 N–H and O–H groups in total. The van der Waals surface area contributed by atoms with Gasteiger partial charge < -0.3 is 5.73 Å². The van der Waals surface area contributed by atoms with E-state index in [1.807, 2.05) is 18.2 Å². The number of halogens is 1. The van der Waals surface area contributed by atoms with E-state index in [4.69, 9.17) is 11.0 Å². The Morgan fingerprint density at radius 3 is 2.45 bits per heavy atom. The fourth-order valence-corrected chi connectivity index (χ4v) is 2.02. The number of fused-ring (bicyclic) bond motifs is 1. The lowest BCUT2D eigenvalue weighted by Gasteiger charge is -2.07. The van der Waals surface area contributed by atoms with Crippen LogP contribution in [0, 0.1) is 17.1 Å². The van der Waals surface area contributed by atoms with Crippen molar-refractivity contribution < 1.29 is 4.39 Å². The molecule has 0 amide bonds. The molecule has 0 bridgehead atoms. The predicted molar refractivity (Wildman–Crippen MR) is 74.1 cm³/mol. The number of anilines is 1. The number of nitriles is 1. The summed E-state index contributed by atoms with van der Waals surface area (Å²) in [6.45, 7) is 0. The number of aromatic nitrogens is 2. The third-order valence-corrected chi connectivity index (χ3v) is 2.90. The highest BCUT2D eigenvalue weighted by atomic mass is 19.1. The first kappa shape index (κ1) is 12.1. The normalized spacial score (nSPS) is 10.4. The van der Waals surface area contributed by atoms with E-state index in [1.165, 1.54) is 12.1 Å². The molecule has 0 aliphatic rings. The van der Waals surface area contributed by atoms with Crippen LogP contribution in [-0.4, -0.2) is 9.97 Å². The number of nitrogens with two attached hydrogens (primary N) is 1. The summed E-state index contributed by atoms with van der Waals surface area (Å²) in [5.41, 5.74) is 8.25. The van der Waals surface area contributed by atoms with Gasteiger partial charge in [-0.05, 0) is 30.3 Å². The molecule has 0 spiro atoms. The summed E-state index contributed by atoms with van der Waals surface area (Å²) in [5, 5.41) is 8.89. The molecular formula is C15H9FN4. The standard InChI is InChI=1S/C15H9FN4/c16-11-6-9(8-17)5-10(7-11)14-15(18)20-13-4-2-1-3-12(13)19-14/h1-7H,(H2,18,20). The van der Waals surface area contributed by atoms with E-state index < -0.39 is 5.82 Å². The Hall–Kier alpha value is -3.00. The van der Waals surface area contributed by atoms with E-state index in [9.17, 15) is 4.39 Å². The molecule has 2 aromatic carbocycles. The van der Waals surface area contributed by atoms with Gasteiger partial charge in [0.15, 0.2) is 5.82 Å². The average molecular weight is 264 g/mol. The number of hydrogen-bond donors (Lipinski definition) is 1. The number of hydrogen-bond acceptors (Lipinski definition) is 4. The third kappa shape index (κ3) is 2.04. The summed E-state index contributed by atoms with van der Waals surface area (Å²) in [7, 11) is 0. The third-order valence-electron chi connectivity index (χ3n) is 2.90. The van der Waals surface area contributed by atoms with Crippen molar-refractivity contribution in [1.29, 1.82) is 5.26 Å². The Labute approximate surface area is 114 Å². The smallest absolute Gasteiger partial charge is 0.150 e. The van der Waals surface area contributed by atoms with E-state index in [2.05, 4.69) is 9.97 Å². The minimum atomic E-state index is -0.506. The molecule has 0 aliphatic carbocycles. The van der Waals surface area contributed by atoms with Crippen molar-refractivity contribution in [2.24, 2.45) is 0 Å². The van der Waals surface area contributed by atoms with Crippen LogP contribution < -0.4 is 5.73 Å². The maximum atomic E-state index is 13.5. The first-order valence-electron chi connectivity index (χ1n) is 5.91. The molecule has 0 fully saturated rings. The van der Waals surface area contributed by atoms with Crippen LogP contribution in [0.15, 0.2) is 42.5 Å². The number of rotatable bonds is 1. The highest BCUT2D eigenvalue weighted by Gasteiger charge is 2.10. The summed E-state index contributed by atoms with van der Waals surface area (Å²) in [6, 6.07) is 13.2. The van der Waals surface area contributed by atoms with Crippen molar-refractivity contribution in [2.75, 3.05) is 5.73 Å². The predicted octanol–water partition coefficient (Wildman–Crippen LogP) is 2.89. The number of nitrogen functional groups attached to an aromatic ring is 1. The second-order valence-electron chi connectivity index (χ2n) is 4.29. The lowest BCUT2D eigenvalue weighted by atomic mass is 10.1. The Kier molecular flexibility index (Phi) is 2.77. The molecule has 1 aromatic heterocycles. The molecule has 1 heterocycles. The van der Waals surface area contributed by atoms with Gasteiger partial charge in [-0.15, -0.1) is 0 Å². The molecular weight excluding hydrogens is 255 g/mol. The SMILES string of the molecule is N#Cc1cc(F)cc(-c2nc3ccccc3nc2N)c1. The van der Waals surface area contributed by atoms with Gasteiger partial charge in [0.1, 0.15) is 11.5 Å². The molecule has 96 valence electrons. The van der Waals surface area contributed by atoms with Crippen molar-refractivity contribution in [3.05, 3.63) is 53.8 Å². The molecule has 4 nitrogen and oxygen atoms in total. The van der Waals surface area contributed by atoms with Crippen LogP contribution in [0.4, 0.5) is 10.2 Å². The first-order valence-corrected chi connectivity index (χ1v) is 5.91. The topological polar surface area (TPSA) is 75.6 Å². The zero-order valence-electron chi connectivity index (χ0n) is 10.3. The van der Waals surface area contributed by atoms with Crippen LogP contribution in [0.5, 0.6) is 0 Å². The summed E-state index contributed by atoms with van der Waals surface area (Å²) >= 11 is 0. The lowest BCUT2D eigenvalue weighted by Crippen LogP contribution is -1.99. The summed E-state index contributed by atoms with van der Waals surface area (Å²) in [5.74, 6) is -0.299. The van der Waals surface area contributed by atoms with Gasteiger partial charge in [-0.2, -0.15) is 5.26 Å². The minimum absolute atomic E-state index is 0.207. The van der Waals surface area contributed by atoms with Crippen molar-refractivity contribution >= 4 is 16.9 Å². The fraction of sp³-hybridized carbons (Fsp3) is 0. The quantitative estimate of drug-likeness (QED) is 0.733. The maximum Gasteiger partial charge on any atom is 0.150 e. The summed E-state index contributed by atoms with van der Waals surface area (Å²) < 4.78 is 13.5. The Bertz CT molecular complexity index is 852. The number of nitrogens with zero attached hydrogens (tertiary/aromatic N) is 3. The number of benzene rings is 2. The largest absolute Gasteiger partial charge is 0.382 e. The van der Waals surface area contributed by atoms with Gasteiger partial charge in [0.05, 0.1) is 22.7 Å². The van der Waals surface area contributed by atoms with Crippen LogP contribution in [0.25, 0.3) is 22.3 Å². The second-order valence-corrected chi connectivity index (χ2v) is 4.29. The molecule has 0 radical (unpaired) electrons. The molecule has 20 heavy (non-hydrogen) atoms. The van der Waals surface area contributed by atoms with Crippen molar-refractivity contribution in [2.45, 2.75) is 0 Å². The maximum absolute atomic E-state index is 13.5. The van der Waals surface area contributed by atoms with Gasteiger partial charge >= 0.3 is 0 Å². The molecule has 0 saturated carbocycles. The number of para-hydroxylation sites is 2. The molecule has 5 heteroatoms. The van der Waals surface area contributed by atoms with Crippen molar-refractivity contribution in [1.82, 2.24) is 9.97 Å². The Morgan fingerprint density at radius 2 is 1.75 bits per heavy atom. The van der Waals surface area contributed by atoms with Gasteiger partial charge in [-0.25, -0.2) is 14.4 Å². The average Bonchev–Trinajstić information content (AvgIpc) is 2.45. The van der Waals surface area contributed by atoms with E-state index in [0.29, 0.717) is 22.3 Å². The summed E-state index contributed by atoms with van der Waals surface area (Å²) in [6.07, 6.45) is 0. The van der Waals surface area contributed by atoms with E-state index in [0.717, 1.165) is 6.07 Å². The highest BCUT2D eigenvalue weighted by molar-refractivity contribution is 5.82. The van der Waals surface area contributed by atoms with Gasteiger partial charge in [-0.3, -0.25) is 0 Å². The van der Waals surface area contributed by atoms with E-state index in [1.54, 1.807) is 12.1 Å². The Morgan fingerprint density at radius 1 is 1.05 bits per heavy atom. The van der Waals surface area contributed by atoms with Crippen LogP contribution >= 0.6 is 0 Å². The van der Waals surface area contributed by atoms with E-state index >= 15 is 0 Å². The molecule has 0 saturated heterocycles. The van der Waals surface area contributed by atoms with E-state index in [-0.39, 0.29) is 11.4 Å². The molecule has 0 atom stereocenters. The molecule has 0 unspecified atom stereocenters. The van der Waals surface area contributed by atoms with Crippen LogP contribution in [-0.2, 0) is 0 Å². The van der Waals surface area contributed by atoms with Gasteiger partial charge in [0, 0.05) is 5.56 Å².